The first-order valence-electron chi connectivity index (χ1n) is 5.16. The molecule has 0 amide bonds. The van der Waals surface area contributed by atoms with Crippen LogP contribution in [0.3, 0.4) is 0 Å². The molecule has 3 nitrogen and oxygen atoms in total. The zero-order valence-electron chi connectivity index (χ0n) is 8.57. The van der Waals surface area contributed by atoms with Gasteiger partial charge in [0.05, 0.1) is 0 Å². The molecule has 0 aliphatic carbocycles. The number of nitrogens with zero attached hydrogens (tertiary/aromatic N) is 1. The Bertz CT molecular complexity index is 317. The molecule has 2 aromatic heterocycles. The molecular formula is C11H15N3S. The largest absolute Gasteiger partial charge is 0.311 e. The highest BCUT2D eigenvalue weighted by atomic mass is 32.1. The van der Waals surface area contributed by atoms with E-state index in [2.05, 4.69) is 33.0 Å². The van der Waals surface area contributed by atoms with Gasteiger partial charge in [-0.05, 0) is 36.9 Å². The highest BCUT2D eigenvalue weighted by Gasteiger charge is 1.95. The molecule has 80 valence electrons. The van der Waals surface area contributed by atoms with Gasteiger partial charge in [0, 0.05) is 23.3 Å². The standard InChI is InChI=1S/C11H15N3S/c1(3-11-4-2-8-15-11)6-12-9-10-5-7-13-14-10/h2,4-5,7-8,12H,1,3,6,9H2,(H,13,14). The van der Waals surface area contributed by atoms with Crippen molar-refractivity contribution in [1.82, 2.24) is 15.5 Å². The summed E-state index contributed by atoms with van der Waals surface area (Å²) >= 11 is 1.83. The summed E-state index contributed by atoms with van der Waals surface area (Å²) in [6.45, 7) is 1.93. The Kier molecular flexibility index (Phi) is 3.93. The number of rotatable bonds is 6. The van der Waals surface area contributed by atoms with E-state index in [1.165, 1.54) is 17.7 Å². The molecule has 2 aromatic rings. The molecule has 0 saturated heterocycles. The molecule has 4 heteroatoms. The van der Waals surface area contributed by atoms with Crippen LogP contribution in [0.25, 0.3) is 0 Å². The van der Waals surface area contributed by atoms with E-state index in [1.807, 2.05) is 17.4 Å². The van der Waals surface area contributed by atoms with Gasteiger partial charge in [0.25, 0.3) is 0 Å². The highest BCUT2D eigenvalue weighted by molar-refractivity contribution is 7.09. The predicted molar refractivity (Wildman–Crippen MR) is 62.9 cm³/mol. The molecule has 0 aliphatic heterocycles. The molecule has 0 spiro atoms. The van der Waals surface area contributed by atoms with Crippen LogP contribution in [0.15, 0.2) is 29.8 Å². The highest BCUT2D eigenvalue weighted by Crippen LogP contribution is 2.10. The minimum atomic E-state index is 0.879. The first kappa shape index (κ1) is 10.4. The summed E-state index contributed by atoms with van der Waals surface area (Å²) in [7, 11) is 0. The number of aromatic amines is 1. The predicted octanol–water partition coefficient (Wildman–Crippen LogP) is 2.19. The van der Waals surface area contributed by atoms with Gasteiger partial charge in [-0.1, -0.05) is 6.07 Å². The SMILES string of the molecule is c1csc(CCCNCc2ccn[nH]2)c1. The van der Waals surface area contributed by atoms with Gasteiger partial charge in [0.1, 0.15) is 0 Å². The van der Waals surface area contributed by atoms with Gasteiger partial charge in [-0.3, -0.25) is 5.10 Å². The third kappa shape index (κ3) is 3.49. The van der Waals surface area contributed by atoms with Crippen LogP contribution < -0.4 is 5.32 Å². The monoisotopic (exact) mass is 221 g/mol. The van der Waals surface area contributed by atoms with Gasteiger partial charge in [0.2, 0.25) is 0 Å². The van der Waals surface area contributed by atoms with Gasteiger partial charge < -0.3 is 5.32 Å². The van der Waals surface area contributed by atoms with E-state index in [0.717, 1.165) is 18.8 Å². The van der Waals surface area contributed by atoms with E-state index in [9.17, 15) is 0 Å². The summed E-state index contributed by atoms with van der Waals surface area (Å²) in [5.74, 6) is 0. The van der Waals surface area contributed by atoms with Gasteiger partial charge in [0.15, 0.2) is 0 Å². The molecule has 0 bridgehead atoms. The summed E-state index contributed by atoms with van der Waals surface area (Å²) in [6.07, 6.45) is 4.14. The smallest absolute Gasteiger partial charge is 0.0490 e. The number of nitrogens with one attached hydrogen (secondary N) is 2. The Morgan fingerprint density at radius 2 is 2.40 bits per heavy atom. The number of hydrogen-bond donors (Lipinski definition) is 2. The molecule has 0 radical (unpaired) electrons. The van der Waals surface area contributed by atoms with Gasteiger partial charge in [-0.25, -0.2) is 0 Å². The lowest BCUT2D eigenvalue weighted by molar-refractivity contribution is 0.641. The average molecular weight is 221 g/mol. The summed E-state index contributed by atoms with van der Waals surface area (Å²) in [4.78, 5) is 1.47. The first-order chi connectivity index (χ1) is 7.45. The first-order valence-corrected chi connectivity index (χ1v) is 6.04. The summed E-state index contributed by atoms with van der Waals surface area (Å²) < 4.78 is 0. The molecule has 2 N–H and O–H groups in total. The van der Waals surface area contributed by atoms with Crippen LogP contribution in [-0.4, -0.2) is 16.7 Å². The lowest BCUT2D eigenvalue weighted by Gasteiger charge is -2.01. The molecule has 0 aromatic carbocycles. The van der Waals surface area contributed by atoms with Crippen LogP contribution in [0.1, 0.15) is 17.0 Å². The fraction of sp³-hybridized carbons (Fsp3) is 0.364. The Morgan fingerprint density at radius 1 is 1.40 bits per heavy atom. The van der Waals surface area contributed by atoms with Gasteiger partial charge in [-0.15, -0.1) is 11.3 Å². The third-order valence-corrected chi connectivity index (χ3v) is 3.17. The zero-order chi connectivity index (χ0) is 10.3. The van der Waals surface area contributed by atoms with Crippen molar-refractivity contribution < 1.29 is 0 Å². The maximum Gasteiger partial charge on any atom is 0.0490 e. The van der Waals surface area contributed by atoms with Crippen LogP contribution in [-0.2, 0) is 13.0 Å². The van der Waals surface area contributed by atoms with Crippen molar-refractivity contribution in [1.29, 1.82) is 0 Å². The Labute approximate surface area is 93.5 Å². The maximum absolute atomic E-state index is 3.90. The number of aryl methyl sites for hydroxylation is 1. The fourth-order valence-corrected chi connectivity index (χ4v) is 2.20. The molecule has 2 rings (SSSR count). The zero-order valence-corrected chi connectivity index (χ0v) is 9.39. The summed E-state index contributed by atoms with van der Waals surface area (Å²) in [5, 5.41) is 12.3. The van der Waals surface area contributed by atoms with E-state index in [0.29, 0.717) is 0 Å². The number of hydrogen-bond acceptors (Lipinski definition) is 3. The van der Waals surface area contributed by atoms with E-state index in [-0.39, 0.29) is 0 Å². The maximum atomic E-state index is 3.90. The van der Waals surface area contributed by atoms with Crippen LogP contribution in [0, 0.1) is 0 Å². The Balaban J connectivity index is 1.56. The van der Waals surface area contributed by atoms with Crippen molar-refractivity contribution in [3.05, 3.63) is 40.3 Å². The Morgan fingerprint density at radius 3 is 3.13 bits per heavy atom. The molecule has 0 atom stereocenters. The summed E-state index contributed by atoms with van der Waals surface area (Å²) in [5.41, 5.74) is 1.14. The number of aromatic nitrogens is 2. The van der Waals surface area contributed by atoms with Crippen molar-refractivity contribution in [2.24, 2.45) is 0 Å². The van der Waals surface area contributed by atoms with Crippen molar-refractivity contribution in [2.75, 3.05) is 6.54 Å². The van der Waals surface area contributed by atoms with E-state index >= 15 is 0 Å². The molecule has 15 heavy (non-hydrogen) atoms. The van der Waals surface area contributed by atoms with Gasteiger partial charge >= 0.3 is 0 Å². The normalized spacial score (nSPS) is 10.7. The van der Waals surface area contributed by atoms with Crippen LogP contribution in [0.4, 0.5) is 0 Å². The van der Waals surface area contributed by atoms with Gasteiger partial charge in [-0.2, -0.15) is 5.10 Å². The van der Waals surface area contributed by atoms with Crippen molar-refractivity contribution in [3.8, 4) is 0 Å². The molecule has 0 saturated carbocycles. The lowest BCUT2D eigenvalue weighted by Crippen LogP contribution is -2.15. The van der Waals surface area contributed by atoms with Crippen molar-refractivity contribution >= 4 is 11.3 Å². The second kappa shape index (κ2) is 5.68. The average Bonchev–Trinajstić information content (AvgIpc) is 2.88. The quantitative estimate of drug-likeness (QED) is 0.734. The lowest BCUT2D eigenvalue weighted by atomic mass is 10.2. The second-order valence-corrected chi connectivity index (χ2v) is 4.47. The molecule has 0 aliphatic rings. The fourth-order valence-electron chi connectivity index (χ4n) is 1.45. The number of thiophene rings is 1. The van der Waals surface area contributed by atoms with Crippen molar-refractivity contribution in [2.45, 2.75) is 19.4 Å². The van der Waals surface area contributed by atoms with Crippen LogP contribution in [0.2, 0.25) is 0 Å². The Hall–Kier alpha value is -1.13. The number of H-pyrrole nitrogens is 1. The second-order valence-electron chi connectivity index (χ2n) is 3.44. The van der Waals surface area contributed by atoms with E-state index in [1.54, 1.807) is 6.20 Å². The molecular weight excluding hydrogens is 206 g/mol. The van der Waals surface area contributed by atoms with Crippen molar-refractivity contribution in [3.63, 3.8) is 0 Å². The molecule has 0 fully saturated rings. The topological polar surface area (TPSA) is 40.7 Å². The van der Waals surface area contributed by atoms with Crippen LogP contribution >= 0.6 is 11.3 Å². The van der Waals surface area contributed by atoms with E-state index in [4.69, 9.17) is 0 Å². The minimum Gasteiger partial charge on any atom is -0.311 e. The molecule has 0 unspecified atom stereocenters. The van der Waals surface area contributed by atoms with Crippen LogP contribution in [0.5, 0.6) is 0 Å². The third-order valence-electron chi connectivity index (χ3n) is 2.23. The summed E-state index contributed by atoms with van der Waals surface area (Å²) in [6, 6.07) is 6.30. The molecule has 2 heterocycles. The minimum absolute atomic E-state index is 0.879. The van der Waals surface area contributed by atoms with E-state index < -0.39 is 0 Å².